The Balaban J connectivity index is -0.0000000102. The second-order valence-electron chi connectivity index (χ2n) is 2.64. The molecule has 0 bridgehead atoms. The summed E-state index contributed by atoms with van der Waals surface area (Å²) in [5, 5.41) is 0. The Morgan fingerprint density at radius 2 is 0.840 bits per heavy atom. The minimum Gasteiger partial charge on any atom is -0.358 e. The molecule has 0 rings (SSSR count). The Kier molecular flexibility index (Phi) is 248. The van der Waals surface area contributed by atoms with Crippen molar-refractivity contribution < 1.29 is 116 Å². The summed E-state index contributed by atoms with van der Waals surface area (Å²) in [6.07, 6.45) is 10.3. The zero-order valence-electron chi connectivity index (χ0n) is 18.2. The average molecular weight is 1440 g/mol. The summed E-state index contributed by atoms with van der Waals surface area (Å²) in [4.78, 5) is 0. The van der Waals surface area contributed by atoms with E-state index >= 15 is 0 Å². The van der Waals surface area contributed by atoms with Crippen LogP contribution in [0.2, 0.25) is 0 Å². The number of hydrogen-bond donors (Lipinski definition) is 0. The minimum absolute atomic E-state index is 0. The molecule has 25 heavy (non-hydrogen) atoms. The maximum atomic E-state index is 2.34. The predicted molar refractivity (Wildman–Crippen MR) is 115 cm³/mol. The van der Waals surface area contributed by atoms with Gasteiger partial charge in [0, 0.05) is 42.1 Å². The first kappa shape index (κ1) is 69.9. The first-order chi connectivity index (χ1) is 9.56. The standard InChI is InChI=1S/C3H6.2C2H6S.3C2H6.CH3P.CH4.CH3.6W/c3*1-3-2;4*1-2;;;;;;;;/h3*1-2H3;3*1-2H3;1H3;1H4;1H3;;;;;;/q;;;;;;;;-1;;;;;;. The SMILES string of the molecule is C.CC.CC.CC.CSC.C[C](C)=[W].C[P]=[W].C[S](C)(=[W])=[W].[CH3-].[W].[W]. The van der Waals surface area contributed by atoms with Crippen molar-refractivity contribution in [3.63, 3.8) is 0 Å². The van der Waals surface area contributed by atoms with Crippen LogP contribution in [0, 0.1) is 7.43 Å². The third kappa shape index (κ3) is 846. The van der Waals surface area contributed by atoms with Crippen LogP contribution in [0.15, 0.2) is 0 Å². The topological polar surface area (TPSA) is 0 Å². The van der Waals surface area contributed by atoms with Gasteiger partial charge in [0.15, 0.2) is 0 Å². The Morgan fingerprint density at radius 1 is 0.840 bits per heavy atom. The molecule has 0 heterocycles. The van der Waals surface area contributed by atoms with E-state index in [1.807, 2.05) is 54.1 Å². The molecule has 0 aromatic rings. The molecule has 0 fully saturated rings. The molecular formula is C16H46PS2W6-. The Bertz CT molecular complexity index is 223. The molecule has 0 nitrogen and oxygen atoms in total. The molecule has 0 aliphatic heterocycles. The summed E-state index contributed by atoms with van der Waals surface area (Å²) >= 11 is 8.55. The molecule has 0 aliphatic carbocycles. The summed E-state index contributed by atoms with van der Waals surface area (Å²) in [5.74, 6) is 0. The van der Waals surface area contributed by atoms with E-state index in [9.17, 15) is 0 Å². The summed E-state index contributed by atoms with van der Waals surface area (Å²) in [7, 11) is 0. The van der Waals surface area contributed by atoms with Gasteiger partial charge in [0.1, 0.15) is 0 Å². The molecule has 9 heteroatoms. The van der Waals surface area contributed by atoms with E-state index in [1.54, 1.807) is 85.9 Å². The van der Waals surface area contributed by atoms with Gasteiger partial charge in [-0.2, -0.15) is 11.8 Å². The van der Waals surface area contributed by atoms with Crippen molar-refractivity contribution in [1.29, 1.82) is 0 Å². The van der Waals surface area contributed by atoms with E-state index in [2.05, 4.69) is 33.0 Å². The molecule has 0 spiro atoms. The minimum atomic E-state index is -0.000000000000000111. The van der Waals surface area contributed by atoms with E-state index in [1.165, 1.54) is 10.1 Å². The summed E-state index contributed by atoms with van der Waals surface area (Å²) < 4.78 is 1.50. The number of hydrogen-bond acceptors (Lipinski definition) is 1. The summed E-state index contributed by atoms with van der Waals surface area (Å²) in [6, 6.07) is 0. The van der Waals surface area contributed by atoms with Crippen LogP contribution in [0.3, 0.4) is 0 Å². The van der Waals surface area contributed by atoms with Gasteiger partial charge in [-0.15, -0.1) is 0 Å². The fourth-order valence-corrected chi connectivity index (χ4v) is 0. The van der Waals surface area contributed by atoms with Crippen molar-refractivity contribution in [2.45, 2.75) is 62.8 Å². The molecule has 0 unspecified atom stereocenters. The van der Waals surface area contributed by atoms with Crippen LogP contribution in [0.4, 0.5) is 0 Å². The van der Waals surface area contributed by atoms with E-state index in [0.29, 0.717) is 0 Å². The second-order valence-corrected chi connectivity index (χ2v) is 40.8. The average Bonchev–Trinajstić information content (AvgIpc) is 2.35. The van der Waals surface area contributed by atoms with E-state index < -0.39 is 0 Å². The molecule has 0 amide bonds. The zero-order chi connectivity index (χ0) is 19.5. The molecule has 0 aromatic heterocycles. The number of rotatable bonds is 0. The molecule has 0 aromatic carbocycles. The van der Waals surface area contributed by atoms with Crippen LogP contribution in [-0.4, -0.2) is 35.6 Å². The van der Waals surface area contributed by atoms with Gasteiger partial charge < -0.3 is 7.43 Å². The van der Waals surface area contributed by atoms with Crippen LogP contribution < -0.4 is 0 Å². The van der Waals surface area contributed by atoms with Crippen molar-refractivity contribution in [2.24, 2.45) is 0 Å². The van der Waals surface area contributed by atoms with E-state index in [0.717, 1.165) is 0 Å². The van der Waals surface area contributed by atoms with E-state index in [4.69, 9.17) is 0 Å². The molecule has 0 saturated carbocycles. The van der Waals surface area contributed by atoms with Crippen LogP contribution >= 0.6 is 22.4 Å². The van der Waals surface area contributed by atoms with E-state index in [-0.39, 0.29) is 61.4 Å². The van der Waals surface area contributed by atoms with Crippen LogP contribution in [-0.2, 0) is 116 Å². The van der Waals surface area contributed by atoms with Gasteiger partial charge in [0.2, 0.25) is 0 Å². The molecule has 0 aliphatic rings. The summed E-state index contributed by atoms with van der Waals surface area (Å²) in [5.41, 5.74) is 0. The molecule has 0 atom stereocenters. The van der Waals surface area contributed by atoms with Gasteiger partial charge in [-0.05, 0) is 12.5 Å². The molecule has 164 valence electrons. The first-order valence-corrected chi connectivity index (χ1v) is 24.6. The quantitative estimate of drug-likeness (QED) is 0.176. The zero-order valence-corrected chi connectivity index (χ0v) is 38.3. The molecule has 0 saturated heterocycles. The molecule has 0 N–H and O–H groups in total. The predicted octanol–water partition coefficient (Wildman–Crippen LogP) is 7.88. The van der Waals surface area contributed by atoms with Crippen molar-refractivity contribution >= 4 is 26.3 Å². The molecular weight excluding hydrogens is 1390 g/mol. The van der Waals surface area contributed by atoms with Gasteiger partial charge in [0.05, 0.1) is 0 Å². The van der Waals surface area contributed by atoms with Gasteiger partial charge in [0.25, 0.3) is 0 Å². The van der Waals surface area contributed by atoms with Crippen LogP contribution in [0.25, 0.3) is 0 Å². The number of thioether (sulfide) groups is 1. The molecule has 0 radical (unpaired) electrons. The maximum absolute atomic E-state index is 2.34. The van der Waals surface area contributed by atoms with Crippen LogP contribution in [0.1, 0.15) is 62.8 Å². The largest absolute Gasteiger partial charge is 0.358 e. The van der Waals surface area contributed by atoms with Crippen molar-refractivity contribution in [1.82, 2.24) is 0 Å². The monoisotopic (exact) mass is 1440 g/mol. The Morgan fingerprint density at radius 3 is 0.840 bits per heavy atom. The first-order valence-electron chi connectivity index (χ1n) is 6.80. The van der Waals surface area contributed by atoms with Gasteiger partial charge in [-0.25, -0.2) is 0 Å². The van der Waals surface area contributed by atoms with Gasteiger partial charge >= 0.3 is 122 Å². The second kappa shape index (κ2) is 88.8. The third-order valence-corrected chi connectivity index (χ3v) is 0. The Labute approximate surface area is 240 Å². The summed E-state index contributed by atoms with van der Waals surface area (Å²) in [6.45, 7) is 18.4. The van der Waals surface area contributed by atoms with Gasteiger partial charge in [-0.1, -0.05) is 49.0 Å². The van der Waals surface area contributed by atoms with Crippen molar-refractivity contribution in [3.05, 3.63) is 7.43 Å². The third-order valence-electron chi connectivity index (χ3n) is 0. The van der Waals surface area contributed by atoms with Crippen molar-refractivity contribution in [3.8, 4) is 0 Å². The maximum Gasteiger partial charge on any atom is 0 e. The fraction of sp³-hybridized carbons (Fsp3) is 0.875. The smallest absolute Gasteiger partial charge is 0 e. The van der Waals surface area contributed by atoms with Crippen LogP contribution in [0.5, 0.6) is 0 Å². The van der Waals surface area contributed by atoms with Gasteiger partial charge in [-0.3, -0.25) is 0 Å². The fourth-order valence-electron chi connectivity index (χ4n) is 0. The Hall–Kier alpha value is 5.00. The normalized spacial score (nSPS) is 5.64. The van der Waals surface area contributed by atoms with Crippen molar-refractivity contribution in [2.75, 3.05) is 31.7 Å².